The number of amides is 2. The molecule has 1 heterocycles. The van der Waals surface area contributed by atoms with Gasteiger partial charge in [-0.1, -0.05) is 54.1 Å². The van der Waals surface area contributed by atoms with Crippen LogP contribution in [0.3, 0.4) is 0 Å². The van der Waals surface area contributed by atoms with Crippen LogP contribution < -0.4 is 10.6 Å². The molecule has 1 fully saturated rings. The monoisotopic (exact) mass is 385 g/mol. The number of piperidine rings is 1. The van der Waals surface area contributed by atoms with E-state index in [1.165, 1.54) is 5.56 Å². The molecule has 0 saturated carbocycles. The van der Waals surface area contributed by atoms with E-state index >= 15 is 0 Å². The highest BCUT2D eigenvalue weighted by Gasteiger charge is 2.21. The Labute approximate surface area is 164 Å². The van der Waals surface area contributed by atoms with Gasteiger partial charge in [-0.25, -0.2) is 0 Å². The molecule has 2 aromatic rings. The van der Waals surface area contributed by atoms with Gasteiger partial charge in [0.1, 0.15) is 0 Å². The van der Waals surface area contributed by atoms with Crippen LogP contribution in [0, 0.1) is 5.92 Å². The number of hydrogen-bond donors (Lipinski definition) is 2. The van der Waals surface area contributed by atoms with Crippen molar-refractivity contribution < 1.29 is 9.59 Å². The van der Waals surface area contributed by atoms with E-state index in [4.69, 9.17) is 11.6 Å². The standard InChI is InChI=1S/C21H24ClN3O2/c22-18-8-4-5-9-19(18)24-21(27)20(26)23-14-16-10-12-25(13-11-16)15-17-6-2-1-3-7-17/h1-9,16H,10-15H2,(H,23,26)(H,24,27). The fraction of sp³-hybridized carbons (Fsp3) is 0.333. The van der Waals surface area contributed by atoms with Gasteiger partial charge in [0, 0.05) is 13.1 Å². The van der Waals surface area contributed by atoms with Crippen molar-refractivity contribution in [2.24, 2.45) is 5.92 Å². The third kappa shape index (κ3) is 5.81. The lowest BCUT2D eigenvalue weighted by Gasteiger charge is -2.32. The van der Waals surface area contributed by atoms with Crippen LogP contribution in [0.4, 0.5) is 5.69 Å². The number of hydrogen-bond acceptors (Lipinski definition) is 3. The fourth-order valence-corrected chi connectivity index (χ4v) is 3.43. The smallest absolute Gasteiger partial charge is 0.313 e. The van der Waals surface area contributed by atoms with Gasteiger partial charge in [0.2, 0.25) is 0 Å². The summed E-state index contributed by atoms with van der Waals surface area (Å²) in [5.41, 5.74) is 1.76. The van der Waals surface area contributed by atoms with Crippen LogP contribution in [0.25, 0.3) is 0 Å². The van der Waals surface area contributed by atoms with E-state index in [1.807, 2.05) is 6.07 Å². The van der Waals surface area contributed by atoms with Crippen molar-refractivity contribution in [1.29, 1.82) is 0 Å². The van der Waals surface area contributed by atoms with Crippen LogP contribution in [0.15, 0.2) is 54.6 Å². The molecule has 0 aromatic heterocycles. The Hall–Kier alpha value is -2.37. The highest BCUT2D eigenvalue weighted by molar-refractivity contribution is 6.41. The van der Waals surface area contributed by atoms with Gasteiger partial charge in [0.05, 0.1) is 10.7 Å². The van der Waals surface area contributed by atoms with Crippen LogP contribution in [0.2, 0.25) is 5.02 Å². The van der Waals surface area contributed by atoms with Gasteiger partial charge < -0.3 is 10.6 Å². The van der Waals surface area contributed by atoms with Gasteiger partial charge in [0.15, 0.2) is 0 Å². The summed E-state index contributed by atoms with van der Waals surface area (Å²) in [5.74, 6) is -0.916. The zero-order valence-corrected chi connectivity index (χ0v) is 15.9. The fourth-order valence-electron chi connectivity index (χ4n) is 3.25. The molecular formula is C21H24ClN3O2. The number of nitrogens with zero attached hydrogens (tertiary/aromatic N) is 1. The molecule has 2 aromatic carbocycles. The Bertz CT molecular complexity index is 774. The largest absolute Gasteiger partial charge is 0.348 e. The summed E-state index contributed by atoms with van der Waals surface area (Å²) in [5, 5.41) is 5.69. The van der Waals surface area contributed by atoms with Crippen LogP contribution in [0.5, 0.6) is 0 Å². The zero-order valence-electron chi connectivity index (χ0n) is 15.2. The van der Waals surface area contributed by atoms with Gasteiger partial charge in [-0.2, -0.15) is 0 Å². The number of rotatable bonds is 5. The summed E-state index contributed by atoms with van der Waals surface area (Å²) in [4.78, 5) is 26.5. The van der Waals surface area contributed by atoms with Gasteiger partial charge in [0.25, 0.3) is 0 Å². The predicted molar refractivity (Wildman–Crippen MR) is 108 cm³/mol. The molecule has 1 aliphatic rings. The lowest BCUT2D eigenvalue weighted by Crippen LogP contribution is -2.41. The van der Waals surface area contributed by atoms with E-state index < -0.39 is 11.8 Å². The van der Waals surface area contributed by atoms with Crippen molar-refractivity contribution in [3.8, 4) is 0 Å². The van der Waals surface area contributed by atoms with Crippen molar-refractivity contribution in [2.45, 2.75) is 19.4 Å². The topological polar surface area (TPSA) is 61.4 Å². The Morgan fingerprint density at radius 3 is 2.33 bits per heavy atom. The van der Waals surface area contributed by atoms with E-state index in [0.717, 1.165) is 32.5 Å². The SMILES string of the molecule is O=C(NCC1CCN(Cc2ccccc2)CC1)C(=O)Nc1ccccc1Cl. The summed E-state index contributed by atoms with van der Waals surface area (Å²) in [6.45, 7) is 3.48. The molecule has 1 saturated heterocycles. The zero-order chi connectivity index (χ0) is 19.1. The first-order chi connectivity index (χ1) is 13.1. The van der Waals surface area contributed by atoms with Gasteiger partial charge in [-0.05, 0) is 49.5 Å². The number of carbonyl (C=O) groups excluding carboxylic acids is 2. The van der Waals surface area contributed by atoms with Gasteiger partial charge >= 0.3 is 11.8 Å². The van der Waals surface area contributed by atoms with Crippen LogP contribution in [0.1, 0.15) is 18.4 Å². The first-order valence-corrected chi connectivity index (χ1v) is 9.59. The number of anilines is 1. The number of likely N-dealkylation sites (tertiary alicyclic amines) is 1. The molecule has 0 bridgehead atoms. The average molecular weight is 386 g/mol. The van der Waals surface area contributed by atoms with E-state index in [0.29, 0.717) is 23.2 Å². The number of halogens is 1. The normalized spacial score (nSPS) is 15.3. The molecule has 0 atom stereocenters. The Kier molecular flexibility index (Phi) is 6.85. The number of benzene rings is 2. The molecule has 0 radical (unpaired) electrons. The molecular weight excluding hydrogens is 362 g/mol. The van der Waals surface area contributed by atoms with E-state index in [1.54, 1.807) is 24.3 Å². The van der Waals surface area contributed by atoms with Crippen molar-refractivity contribution in [2.75, 3.05) is 25.0 Å². The second-order valence-electron chi connectivity index (χ2n) is 6.85. The minimum Gasteiger partial charge on any atom is -0.348 e. The van der Waals surface area contributed by atoms with Gasteiger partial charge in [-0.3, -0.25) is 14.5 Å². The van der Waals surface area contributed by atoms with Crippen molar-refractivity contribution in [3.63, 3.8) is 0 Å². The first kappa shape index (κ1) is 19.4. The number of carbonyl (C=O) groups is 2. The molecule has 2 amide bonds. The maximum atomic E-state index is 12.0. The lowest BCUT2D eigenvalue weighted by atomic mass is 9.96. The highest BCUT2D eigenvalue weighted by atomic mass is 35.5. The van der Waals surface area contributed by atoms with Crippen LogP contribution >= 0.6 is 11.6 Å². The van der Waals surface area contributed by atoms with Crippen LogP contribution in [-0.2, 0) is 16.1 Å². The molecule has 0 unspecified atom stereocenters. The van der Waals surface area contributed by atoms with Crippen molar-refractivity contribution in [3.05, 3.63) is 65.2 Å². The summed E-state index contributed by atoms with van der Waals surface area (Å²) in [7, 11) is 0. The Morgan fingerprint density at radius 1 is 0.963 bits per heavy atom. The summed E-state index contributed by atoms with van der Waals surface area (Å²) < 4.78 is 0. The molecule has 0 spiro atoms. The minimum atomic E-state index is -0.690. The number of para-hydroxylation sites is 1. The molecule has 2 N–H and O–H groups in total. The van der Waals surface area contributed by atoms with Crippen molar-refractivity contribution in [1.82, 2.24) is 10.2 Å². The molecule has 1 aliphatic heterocycles. The van der Waals surface area contributed by atoms with Crippen LogP contribution in [-0.4, -0.2) is 36.3 Å². The molecule has 5 nitrogen and oxygen atoms in total. The second-order valence-corrected chi connectivity index (χ2v) is 7.26. The quantitative estimate of drug-likeness (QED) is 0.776. The van der Waals surface area contributed by atoms with E-state index in [-0.39, 0.29) is 0 Å². The Balaban J connectivity index is 1.38. The molecule has 6 heteroatoms. The maximum Gasteiger partial charge on any atom is 0.313 e. The second kappa shape index (κ2) is 9.53. The lowest BCUT2D eigenvalue weighted by molar-refractivity contribution is -0.136. The third-order valence-electron chi connectivity index (χ3n) is 4.84. The summed E-state index contributed by atoms with van der Waals surface area (Å²) in [6.07, 6.45) is 2.03. The van der Waals surface area contributed by atoms with Crippen molar-refractivity contribution >= 4 is 29.1 Å². The predicted octanol–water partition coefficient (Wildman–Crippen LogP) is 3.31. The molecule has 142 valence electrons. The number of nitrogens with one attached hydrogen (secondary N) is 2. The molecule has 0 aliphatic carbocycles. The minimum absolute atomic E-state index is 0.397. The summed E-state index contributed by atoms with van der Waals surface area (Å²) >= 11 is 5.99. The molecule has 27 heavy (non-hydrogen) atoms. The first-order valence-electron chi connectivity index (χ1n) is 9.22. The highest BCUT2D eigenvalue weighted by Crippen LogP contribution is 2.20. The van der Waals surface area contributed by atoms with Gasteiger partial charge in [-0.15, -0.1) is 0 Å². The third-order valence-corrected chi connectivity index (χ3v) is 5.17. The Morgan fingerprint density at radius 2 is 1.63 bits per heavy atom. The maximum absolute atomic E-state index is 12.0. The van der Waals surface area contributed by atoms with E-state index in [9.17, 15) is 9.59 Å². The summed E-state index contributed by atoms with van der Waals surface area (Å²) in [6, 6.07) is 17.3. The average Bonchev–Trinajstić information content (AvgIpc) is 2.69. The van der Waals surface area contributed by atoms with E-state index in [2.05, 4.69) is 39.8 Å². The molecule has 3 rings (SSSR count).